The summed E-state index contributed by atoms with van der Waals surface area (Å²) in [5.74, 6) is -1.22. The molecule has 5 rings (SSSR count). The van der Waals surface area contributed by atoms with Crippen LogP contribution in [0, 0.1) is 0 Å². The minimum absolute atomic E-state index is 0.114. The number of amides is 1. The molecule has 1 aliphatic heterocycles. The van der Waals surface area contributed by atoms with Crippen LogP contribution >= 0.6 is 0 Å². The summed E-state index contributed by atoms with van der Waals surface area (Å²) in [6.45, 7) is 10.8. The molecule has 0 radical (unpaired) electrons. The Hall–Kier alpha value is -5.04. The van der Waals surface area contributed by atoms with Crippen molar-refractivity contribution in [3.63, 3.8) is 0 Å². The Morgan fingerprint density at radius 1 is 0.872 bits per heavy atom. The number of carbonyl (C=O) groups is 3. The molecule has 0 aliphatic carbocycles. The number of nitrogens with one attached hydrogen (secondary N) is 3. The molecule has 4 atom stereocenters. The summed E-state index contributed by atoms with van der Waals surface area (Å²) >= 11 is 0. The van der Waals surface area contributed by atoms with E-state index in [1.54, 1.807) is 27.0 Å². The topological polar surface area (TPSA) is 174 Å². The van der Waals surface area contributed by atoms with E-state index < -0.39 is 53.5 Å². The number of H-pyrrole nitrogens is 2. The normalized spacial score (nSPS) is 17.4. The van der Waals surface area contributed by atoms with Crippen molar-refractivity contribution in [2.24, 2.45) is 4.99 Å². The van der Waals surface area contributed by atoms with Crippen LogP contribution in [0.1, 0.15) is 64.9 Å². The van der Waals surface area contributed by atoms with Crippen LogP contribution in [-0.2, 0) is 33.3 Å². The highest BCUT2D eigenvalue weighted by atomic mass is 16.7. The van der Waals surface area contributed by atoms with Crippen LogP contribution in [0.3, 0.4) is 0 Å². The lowest BCUT2D eigenvalue weighted by atomic mass is 10.0. The Bertz CT molecular complexity index is 1750. The summed E-state index contributed by atoms with van der Waals surface area (Å²) in [5, 5.41) is 14.7. The van der Waals surface area contributed by atoms with Crippen molar-refractivity contribution in [3.05, 3.63) is 72.1 Å². The van der Waals surface area contributed by atoms with E-state index in [9.17, 15) is 19.5 Å². The summed E-state index contributed by atoms with van der Waals surface area (Å²) in [4.78, 5) is 46.6. The second kappa shape index (κ2) is 14.2. The van der Waals surface area contributed by atoms with Crippen molar-refractivity contribution in [2.45, 2.75) is 77.0 Å². The number of aliphatic hydroxyl groups is 1. The van der Waals surface area contributed by atoms with Gasteiger partial charge in [-0.25, -0.2) is 14.4 Å². The summed E-state index contributed by atoms with van der Waals surface area (Å²) in [7, 11) is 2.53. The first-order valence-corrected chi connectivity index (χ1v) is 15.0. The predicted octanol–water partition coefficient (Wildman–Crippen LogP) is 5.22. The molecule has 2 aromatic heterocycles. The van der Waals surface area contributed by atoms with Gasteiger partial charge in [0, 0.05) is 45.3 Å². The van der Waals surface area contributed by atoms with E-state index >= 15 is 0 Å². The minimum atomic E-state index is -1.29. The van der Waals surface area contributed by atoms with E-state index in [1.165, 1.54) is 14.2 Å². The number of nitrogens with zero attached hydrogens (tertiary/aromatic N) is 1. The first-order chi connectivity index (χ1) is 22.1. The molecular weight excluding hydrogens is 608 g/mol. The quantitative estimate of drug-likeness (QED) is 0.161. The van der Waals surface area contributed by atoms with Gasteiger partial charge in [-0.15, -0.1) is 0 Å². The molecule has 13 nitrogen and oxygen atoms in total. The first-order valence-electron chi connectivity index (χ1n) is 15.0. The number of methoxy groups -OCH3 is 2. The van der Waals surface area contributed by atoms with Gasteiger partial charge in [-0.3, -0.25) is 0 Å². The predicted molar refractivity (Wildman–Crippen MR) is 175 cm³/mol. The number of hydrogen-bond acceptors (Lipinski definition) is 10. The highest BCUT2D eigenvalue weighted by Crippen LogP contribution is 2.35. The van der Waals surface area contributed by atoms with E-state index in [0.29, 0.717) is 5.56 Å². The number of aromatic nitrogens is 2. The highest BCUT2D eigenvalue weighted by Gasteiger charge is 2.41. The zero-order valence-corrected chi connectivity index (χ0v) is 27.7. The lowest BCUT2D eigenvalue weighted by molar-refractivity contribution is -0.146. The Balaban J connectivity index is 0.000000213. The average molecular weight is 651 g/mol. The smallest absolute Gasteiger partial charge is 0.408 e. The fourth-order valence-electron chi connectivity index (χ4n) is 4.90. The van der Waals surface area contributed by atoms with Crippen LogP contribution in [-0.4, -0.2) is 76.7 Å². The zero-order chi connectivity index (χ0) is 34.5. The number of alkyl carbamates (subject to hydrolysis) is 1. The van der Waals surface area contributed by atoms with Crippen molar-refractivity contribution < 1.29 is 43.2 Å². The zero-order valence-electron chi connectivity index (χ0n) is 27.7. The van der Waals surface area contributed by atoms with Crippen LogP contribution in [0.4, 0.5) is 4.79 Å². The minimum Gasteiger partial charge on any atom is -0.467 e. The first kappa shape index (κ1) is 34.8. The maximum absolute atomic E-state index is 12.1. The van der Waals surface area contributed by atoms with Gasteiger partial charge in [0.05, 0.1) is 14.2 Å². The third-order valence-corrected chi connectivity index (χ3v) is 6.91. The second-order valence-electron chi connectivity index (χ2n) is 12.8. The van der Waals surface area contributed by atoms with Crippen molar-refractivity contribution in [2.75, 3.05) is 14.2 Å². The molecule has 252 valence electrons. The van der Waals surface area contributed by atoms with E-state index in [4.69, 9.17) is 23.7 Å². The Kier molecular flexibility index (Phi) is 10.5. The number of carbonyl (C=O) groups excluding carboxylic acids is 3. The van der Waals surface area contributed by atoms with Gasteiger partial charge in [-0.2, -0.15) is 4.99 Å². The molecule has 13 heteroatoms. The van der Waals surface area contributed by atoms with E-state index in [0.717, 1.165) is 27.4 Å². The molecule has 4 aromatic rings. The van der Waals surface area contributed by atoms with E-state index in [1.807, 2.05) is 75.5 Å². The number of aliphatic imine (C=N–C) groups is 1. The van der Waals surface area contributed by atoms with Crippen LogP contribution in [0.15, 0.2) is 65.9 Å². The Morgan fingerprint density at radius 2 is 1.47 bits per heavy atom. The average Bonchev–Trinajstić information content (AvgIpc) is 3.74. The fraction of sp³-hybridized carbons (Fsp3) is 0.412. The maximum Gasteiger partial charge on any atom is 0.408 e. The number of aliphatic hydroxyl groups excluding tert-OH is 1. The molecule has 0 saturated heterocycles. The molecule has 4 N–H and O–H groups in total. The van der Waals surface area contributed by atoms with Gasteiger partial charge >= 0.3 is 24.1 Å². The van der Waals surface area contributed by atoms with E-state index in [2.05, 4.69) is 20.3 Å². The van der Waals surface area contributed by atoms with Gasteiger partial charge in [-0.05, 0) is 53.7 Å². The number of hydrogen-bond donors (Lipinski definition) is 4. The lowest BCUT2D eigenvalue weighted by Crippen LogP contribution is -2.47. The number of aromatic amines is 2. The van der Waals surface area contributed by atoms with Crippen molar-refractivity contribution >= 4 is 45.9 Å². The third kappa shape index (κ3) is 8.61. The molecule has 3 heterocycles. The van der Waals surface area contributed by atoms with E-state index in [-0.39, 0.29) is 6.08 Å². The number of rotatable bonds is 6. The van der Waals surface area contributed by atoms with Gasteiger partial charge in [0.15, 0.2) is 18.2 Å². The fourth-order valence-corrected chi connectivity index (χ4v) is 4.90. The van der Waals surface area contributed by atoms with Crippen molar-refractivity contribution in [1.82, 2.24) is 15.3 Å². The molecule has 0 bridgehead atoms. The SMILES string of the molecule is COC(=O)C(NC(=O)OC(C)(C)C)C(O)c1c[nH]c2ccccc12.COC(=O)C1N=C(OC(C)(C)C)OC1c1c[nH]c2ccccc12. The number of benzene rings is 2. The van der Waals surface area contributed by atoms with Crippen molar-refractivity contribution in [1.29, 1.82) is 0 Å². The van der Waals surface area contributed by atoms with Crippen LogP contribution in [0.2, 0.25) is 0 Å². The number of esters is 2. The molecule has 2 aromatic carbocycles. The molecule has 47 heavy (non-hydrogen) atoms. The van der Waals surface area contributed by atoms with Crippen LogP contribution in [0.5, 0.6) is 0 Å². The number of fused-ring (bicyclic) bond motifs is 2. The largest absolute Gasteiger partial charge is 0.467 e. The summed E-state index contributed by atoms with van der Waals surface area (Å²) < 4.78 is 26.2. The molecule has 1 aliphatic rings. The van der Waals surface area contributed by atoms with Gasteiger partial charge in [0.25, 0.3) is 0 Å². The van der Waals surface area contributed by atoms with Crippen molar-refractivity contribution in [3.8, 4) is 0 Å². The van der Waals surface area contributed by atoms with Gasteiger partial charge in [0.1, 0.15) is 17.3 Å². The van der Waals surface area contributed by atoms with Gasteiger partial charge < -0.3 is 44.1 Å². The molecular formula is C34H42N4O9. The molecule has 0 fully saturated rings. The molecule has 4 unspecified atom stereocenters. The number of ether oxygens (including phenoxy) is 5. The molecule has 0 saturated carbocycles. The third-order valence-electron chi connectivity index (χ3n) is 6.91. The van der Waals surface area contributed by atoms with Crippen LogP contribution in [0.25, 0.3) is 21.8 Å². The Labute approximate surface area is 272 Å². The van der Waals surface area contributed by atoms with Crippen LogP contribution < -0.4 is 5.32 Å². The second-order valence-corrected chi connectivity index (χ2v) is 12.8. The summed E-state index contributed by atoms with van der Waals surface area (Å²) in [5.41, 5.74) is 1.93. The maximum atomic E-state index is 12.1. The summed E-state index contributed by atoms with van der Waals surface area (Å²) in [6.07, 6.45) is 0.875. The van der Waals surface area contributed by atoms with Gasteiger partial charge in [-0.1, -0.05) is 36.4 Å². The summed E-state index contributed by atoms with van der Waals surface area (Å²) in [6, 6.07) is 13.1. The highest BCUT2D eigenvalue weighted by molar-refractivity contribution is 5.89. The molecule has 0 spiro atoms. The number of para-hydroxylation sites is 2. The standard InChI is InChI=1S/C17H22N2O5.C17H20N2O4/c1-17(2,3)24-16(22)19-13(15(21)23-4)14(20)11-9-18-12-8-6-5-7-10(11)12;1-17(2,3)23-16-19-13(15(20)21-4)14(22-16)11-9-18-12-8-6-5-7-10(11)12/h5-9,13-14,18,20H,1-4H3,(H,19,22);5-9,13-14,18H,1-4H3. The molecule has 1 amide bonds. The Morgan fingerprint density at radius 3 is 2.06 bits per heavy atom. The van der Waals surface area contributed by atoms with Gasteiger partial charge in [0.2, 0.25) is 0 Å². The lowest BCUT2D eigenvalue weighted by Gasteiger charge is -2.25. The monoisotopic (exact) mass is 650 g/mol.